The summed E-state index contributed by atoms with van der Waals surface area (Å²) in [7, 11) is 0. The molecule has 4 nitrogen and oxygen atoms in total. The lowest BCUT2D eigenvalue weighted by molar-refractivity contribution is -0.134. The summed E-state index contributed by atoms with van der Waals surface area (Å²) in [5, 5.41) is 0. The molecule has 1 aromatic rings. The molecule has 0 radical (unpaired) electrons. The van der Waals surface area contributed by atoms with Crippen LogP contribution in [0.4, 0.5) is 0 Å². The van der Waals surface area contributed by atoms with Crippen LogP contribution in [0.25, 0.3) is 0 Å². The second kappa shape index (κ2) is 7.93. The molecule has 0 unspecified atom stereocenters. The van der Waals surface area contributed by atoms with Crippen LogP contribution in [-0.2, 0) is 16.1 Å². The van der Waals surface area contributed by atoms with Crippen molar-refractivity contribution < 1.29 is 9.53 Å². The van der Waals surface area contributed by atoms with Crippen LogP contribution in [0.5, 0.6) is 0 Å². The number of hydrogen-bond acceptors (Lipinski definition) is 3. The fraction of sp³-hybridized carbons (Fsp3) is 0.632. The van der Waals surface area contributed by atoms with E-state index < -0.39 is 0 Å². The van der Waals surface area contributed by atoms with E-state index in [0.29, 0.717) is 11.8 Å². The zero-order valence-corrected chi connectivity index (χ0v) is 14.1. The van der Waals surface area contributed by atoms with Crippen molar-refractivity contribution in [3.8, 4) is 0 Å². The Balaban J connectivity index is 1.46. The van der Waals surface area contributed by atoms with Gasteiger partial charge in [0.05, 0.1) is 12.5 Å². The molecule has 0 N–H and O–H groups in total. The number of benzene rings is 1. The molecule has 1 aromatic carbocycles. The minimum absolute atomic E-state index is 0.185. The zero-order valence-electron chi connectivity index (χ0n) is 14.1. The summed E-state index contributed by atoms with van der Waals surface area (Å²) in [5.41, 5.74) is 1.33. The number of carbonyl (C=O) groups excluding carboxylic acids is 1. The molecule has 3 rings (SSSR count). The van der Waals surface area contributed by atoms with Gasteiger partial charge in [0.25, 0.3) is 0 Å². The summed E-state index contributed by atoms with van der Waals surface area (Å²) in [5.74, 6) is 1.07. The Morgan fingerprint density at radius 3 is 2.78 bits per heavy atom. The Hall–Kier alpha value is -1.39. The first-order chi connectivity index (χ1) is 11.3. The standard InChI is InChI=1S/C19H28N2O2/c1-2-23-15-17-8-11-21(13-17)19(22)18-9-10-20(14-18)12-16-6-4-3-5-7-16/h3-7,17-18H,2,8-15H2,1H3/t17-,18-/m1/s1. The molecule has 2 aliphatic rings. The van der Waals surface area contributed by atoms with Crippen LogP contribution < -0.4 is 0 Å². The monoisotopic (exact) mass is 316 g/mol. The van der Waals surface area contributed by atoms with Gasteiger partial charge >= 0.3 is 0 Å². The summed E-state index contributed by atoms with van der Waals surface area (Å²) in [6.07, 6.45) is 2.09. The maximum atomic E-state index is 12.7. The van der Waals surface area contributed by atoms with Crippen molar-refractivity contribution in [2.75, 3.05) is 39.4 Å². The lowest BCUT2D eigenvalue weighted by Crippen LogP contribution is -2.36. The Kier molecular flexibility index (Phi) is 5.68. The first-order valence-electron chi connectivity index (χ1n) is 8.89. The Morgan fingerprint density at radius 2 is 2.00 bits per heavy atom. The quantitative estimate of drug-likeness (QED) is 0.808. The SMILES string of the molecule is CCOC[C@@H]1CCN(C(=O)[C@@H]2CCN(Cc3ccccc3)C2)C1. The van der Waals surface area contributed by atoms with Gasteiger partial charge < -0.3 is 9.64 Å². The molecule has 2 heterocycles. The second-order valence-corrected chi connectivity index (χ2v) is 6.80. The number of amides is 1. The molecule has 2 fully saturated rings. The number of hydrogen-bond donors (Lipinski definition) is 0. The summed E-state index contributed by atoms with van der Waals surface area (Å²) >= 11 is 0. The first kappa shape index (κ1) is 16.5. The molecule has 0 spiro atoms. The molecule has 4 heteroatoms. The van der Waals surface area contributed by atoms with E-state index in [4.69, 9.17) is 4.74 Å². The van der Waals surface area contributed by atoms with E-state index >= 15 is 0 Å². The van der Waals surface area contributed by atoms with E-state index in [0.717, 1.165) is 58.8 Å². The molecule has 126 valence electrons. The molecular formula is C19H28N2O2. The third-order valence-corrected chi connectivity index (χ3v) is 5.03. The van der Waals surface area contributed by atoms with E-state index in [9.17, 15) is 4.79 Å². The van der Waals surface area contributed by atoms with Gasteiger partial charge in [-0.15, -0.1) is 0 Å². The normalized spacial score (nSPS) is 25.2. The lowest BCUT2D eigenvalue weighted by atomic mass is 10.1. The highest BCUT2D eigenvalue weighted by Crippen LogP contribution is 2.24. The van der Waals surface area contributed by atoms with Gasteiger partial charge in [0.1, 0.15) is 0 Å². The zero-order chi connectivity index (χ0) is 16.1. The van der Waals surface area contributed by atoms with Gasteiger partial charge in [-0.2, -0.15) is 0 Å². The lowest BCUT2D eigenvalue weighted by Gasteiger charge is -2.21. The Bertz CT molecular complexity index is 505. The Labute approximate surface area is 139 Å². The van der Waals surface area contributed by atoms with Crippen LogP contribution in [0.2, 0.25) is 0 Å². The third kappa shape index (κ3) is 4.33. The van der Waals surface area contributed by atoms with Crippen molar-refractivity contribution in [3.05, 3.63) is 35.9 Å². The van der Waals surface area contributed by atoms with Crippen LogP contribution in [0.3, 0.4) is 0 Å². The minimum atomic E-state index is 0.185. The molecule has 2 aliphatic heterocycles. The van der Waals surface area contributed by atoms with Crippen LogP contribution in [0.1, 0.15) is 25.3 Å². The highest BCUT2D eigenvalue weighted by molar-refractivity contribution is 5.79. The maximum Gasteiger partial charge on any atom is 0.227 e. The van der Waals surface area contributed by atoms with Crippen molar-refractivity contribution in [3.63, 3.8) is 0 Å². The number of likely N-dealkylation sites (tertiary alicyclic amines) is 2. The molecular weight excluding hydrogens is 288 g/mol. The van der Waals surface area contributed by atoms with E-state index in [1.807, 2.05) is 13.0 Å². The smallest absolute Gasteiger partial charge is 0.227 e. The van der Waals surface area contributed by atoms with E-state index in [1.54, 1.807) is 0 Å². The van der Waals surface area contributed by atoms with Crippen molar-refractivity contribution >= 4 is 5.91 Å². The van der Waals surface area contributed by atoms with Gasteiger partial charge in [0.15, 0.2) is 0 Å². The van der Waals surface area contributed by atoms with Crippen LogP contribution in [0.15, 0.2) is 30.3 Å². The van der Waals surface area contributed by atoms with Crippen LogP contribution in [-0.4, -0.2) is 55.1 Å². The fourth-order valence-electron chi connectivity index (χ4n) is 3.73. The molecule has 0 aliphatic carbocycles. The van der Waals surface area contributed by atoms with Crippen LogP contribution in [0, 0.1) is 11.8 Å². The molecule has 2 atom stereocenters. The number of ether oxygens (including phenoxy) is 1. The van der Waals surface area contributed by atoms with Gasteiger partial charge in [-0.25, -0.2) is 0 Å². The molecule has 1 amide bonds. The largest absolute Gasteiger partial charge is 0.381 e. The predicted molar refractivity (Wildman–Crippen MR) is 91.0 cm³/mol. The summed E-state index contributed by atoms with van der Waals surface area (Å²) in [4.78, 5) is 17.2. The fourth-order valence-corrected chi connectivity index (χ4v) is 3.73. The van der Waals surface area contributed by atoms with Gasteiger partial charge in [-0.3, -0.25) is 9.69 Å². The van der Waals surface area contributed by atoms with Crippen LogP contribution >= 0.6 is 0 Å². The van der Waals surface area contributed by atoms with E-state index in [1.165, 1.54) is 5.56 Å². The van der Waals surface area contributed by atoms with Gasteiger partial charge in [0, 0.05) is 38.7 Å². The predicted octanol–water partition coefficient (Wildman–Crippen LogP) is 2.39. The number of rotatable bonds is 6. The summed E-state index contributed by atoms with van der Waals surface area (Å²) in [6.45, 7) is 8.27. The van der Waals surface area contributed by atoms with E-state index in [-0.39, 0.29) is 5.92 Å². The highest BCUT2D eigenvalue weighted by Gasteiger charge is 2.34. The molecule has 0 saturated carbocycles. The van der Waals surface area contributed by atoms with Gasteiger partial charge in [-0.05, 0) is 31.9 Å². The molecule has 2 saturated heterocycles. The third-order valence-electron chi connectivity index (χ3n) is 5.03. The Morgan fingerprint density at radius 1 is 1.17 bits per heavy atom. The number of carbonyl (C=O) groups is 1. The second-order valence-electron chi connectivity index (χ2n) is 6.80. The summed E-state index contributed by atoms with van der Waals surface area (Å²) in [6, 6.07) is 10.5. The maximum absolute atomic E-state index is 12.7. The molecule has 23 heavy (non-hydrogen) atoms. The van der Waals surface area contributed by atoms with Gasteiger partial charge in [-0.1, -0.05) is 30.3 Å². The minimum Gasteiger partial charge on any atom is -0.381 e. The van der Waals surface area contributed by atoms with Crippen molar-refractivity contribution in [1.29, 1.82) is 0 Å². The topological polar surface area (TPSA) is 32.8 Å². The highest BCUT2D eigenvalue weighted by atomic mass is 16.5. The first-order valence-corrected chi connectivity index (χ1v) is 8.89. The van der Waals surface area contributed by atoms with Crippen molar-refractivity contribution in [2.24, 2.45) is 11.8 Å². The molecule has 0 bridgehead atoms. The van der Waals surface area contributed by atoms with Crippen molar-refractivity contribution in [2.45, 2.75) is 26.3 Å². The number of nitrogens with zero attached hydrogens (tertiary/aromatic N) is 2. The van der Waals surface area contributed by atoms with Gasteiger partial charge in [0.2, 0.25) is 5.91 Å². The van der Waals surface area contributed by atoms with E-state index in [2.05, 4.69) is 34.1 Å². The average molecular weight is 316 g/mol. The average Bonchev–Trinajstić information content (AvgIpc) is 3.23. The summed E-state index contributed by atoms with van der Waals surface area (Å²) < 4.78 is 5.51. The molecule has 0 aromatic heterocycles. The van der Waals surface area contributed by atoms with Crippen molar-refractivity contribution in [1.82, 2.24) is 9.80 Å².